The van der Waals surface area contributed by atoms with Gasteiger partial charge in [-0.25, -0.2) is 15.0 Å². The lowest BCUT2D eigenvalue weighted by Gasteiger charge is -2.10. The van der Waals surface area contributed by atoms with Gasteiger partial charge in [-0.15, -0.1) is 10.2 Å². The minimum Gasteiger partial charge on any atom is -0.310 e. The van der Waals surface area contributed by atoms with Gasteiger partial charge in [0.15, 0.2) is 5.82 Å². The first-order valence-corrected chi connectivity index (χ1v) is 11.3. The molecular weight excluding hydrogens is 430 g/mol. The predicted octanol–water partition coefficient (Wildman–Crippen LogP) is 3.88. The first kappa shape index (κ1) is 20.3. The molecule has 0 bridgehead atoms. The molecule has 5 heterocycles. The van der Waals surface area contributed by atoms with Gasteiger partial charge in [0.25, 0.3) is 5.91 Å². The first-order chi connectivity index (χ1) is 16.6. The van der Waals surface area contributed by atoms with Crippen molar-refractivity contribution in [2.75, 3.05) is 5.32 Å². The molecular formula is C24H23N9O. The van der Waals surface area contributed by atoms with Crippen LogP contribution in [-0.2, 0) is 0 Å². The van der Waals surface area contributed by atoms with Gasteiger partial charge in [-0.1, -0.05) is 12.1 Å². The normalized spacial score (nSPS) is 13.6. The third-order valence-corrected chi connectivity index (χ3v) is 5.92. The quantitative estimate of drug-likeness (QED) is 0.418. The van der Waals surface area contributed by atoms with E-state index >= 15 is 0 Å². The van der Waals surface area contributed by atoms with Crippen molar-refractivity contribution in [2.45, 2.75) is 38.6 Å². The van der Waals surface area contributed by atoms with Gasteiger partial charge in [0.2, 0.25) is 0 Å². The van der Waals surface area contributed by atoms with Gasteiger partial charge in [-0.2, -0.15) is 0 Å². The van der Waals surface area contributed by atoms with Crippen molar-refractivity contribution in [2.24, 2.45) is 0 Å². The summed E-state index contributed by atoms with van der Waals surface area (Å²) in [6.07, 6.45) is 9.67. The number of hydrogen-bond donors (Lipinski definition) is 1. The van der Waals surface area contributed by atoms with E-state index in [9.17, 15) is 4.79 Å². The molecule has 1 fully saturated rings. The molecule has 0 aliphatic heterocycles. The Balaban J connectivity index is 1.28. The van der Waals surface area contributed by atoms with Gasteiger partial charge >= 0.3 is 0 Å². The summed E-state index contributed by atoms with van der Waals surface area (Å²) in [7, 11) is 0. The van der Waals surface area contributed by atoms with Crippen molar-refractivity contribution in [1.82, 2.24) is 38.7 Å². The van der Waals surface area contributed by atoms with Gasteiger partial charge in [0.1, 0.15) is 41.3 Å². The fourth-order valence-electron chi connectivity index (χ4n) is 3.98. The average Bonchev–Trinajstić information content (AvgIpc) is 3.25. The van der Waals surface area contributed by atoms with E-state index in [4.69, 9.17) is 0 Å². The lowest BCUT2D eigenvalue weighted by Crippen LogP contribution is -2.14. The fraction of sp³-hybridized carbons (Fsp3) is 0.250. The number of fused-ring (bicyclic) bond motifs is 1. The van der Waals surface area contributed by atoms with Crippen molar-refractivity contribution >= 4 is 17.4 Å². The Hall–Kier alpha value is -4.34. The highest BCUT2D eigenvalue weighted by Crippen LogP contribution is 2.39. The third-order valence-electron chi connectivity index (χ3n) is 5.92. The minimum absolute atomic E-state index is 0.188. The Morgan fingerprint density at radius 1 is 1.06 bits per heavy atom. The number of imidazole rings is 2. The predicted molar refractivity (Wildman–Crippen MR) is 126 cm³/mol. The Morgan fingerprint density at radius 2 is 1.91 bits per heavy atom. The zero-order valence-electron chi connectivity index (χ0n) is 18.8. The van der Waals surface area contributed by atoms with Crippen molar-refractivity contribution < 1.29 is 4.79 Å². The van der Waals surface area contributed by atoms with E-state index in [0.717, 1.165) is 11.5 Å². The van der Waals surface area contributed by atoms with Crippen molar-refractivity contribution in [3.63, 3.8) is 0 Å². The van der Waals surface area contributed by atoms with E-state index in [1.165, 1.54) is 12.8 Å². The van der Waals surface area contributed by atoms with Gasteiger partial charge in [0, 0.05) is 24.4 Å². The molecule has 0 atom stereocenters. The van der Waals surface area contributed by atoms with Crippen LogP contribution >= 0.6 is 0 Å². The van der Waals surface area contributed by atoms with E-state index in [1.807, 2.05) is 64.0 Å². The van der Waals surface area contributed by atoms with Gasteiger partial charge in [0.05, 0.1) is 5.69 Å². The van der Waals surface area contributed by atoms with Crippen molar-refractivity contribution in [3.8, 4) is 17.3 Å². The molecule has 0 spiro atoms. The van der Waals surface area contributed by atoms with Crippen molar-refractivity contribution in [3.05, 3.63) is 72.8 Å². The third kappa shape index (κ3) is 3.62. The van der Waals surface area contributed by atoms with Crippen LogP contribution in [0, 0.1) is 0 Å². The number of amides is 1. The standard InChI is InChI=1S/C24H23N9O/c1-15(2)33-14-26-30-23(33)17-5-3-6-20(27-17)29-24(34)19-12-32-21(28-19)7-4-8-22(32)31-11-18(25-13-31)16-9-10-16/h3-8,11-16H,9-10H2,1-2H3,(H,27,29,34). The second-order valence-corrected chi connectivity index (χ2v) is 8.74. The van der Waals surface area contributed by atoms with Crippen LogP contribution in [0.5, 0.6) is 0 Å². The lowest BCUT2D eigenvalue weighted by molar-refractivity contribution is 0.102. The van der Waals surface area contributed by atoms with E-state index < -0.39 is 0 Å². The van der Waals surface area contributed by atoms with Crippen LogP contribution in [-0.4, -0.2) is 44.6 Å². The van der Waals surface area contributed by atoms with Crippen LogP contribution in [0.1, 0.15) is 54.8 Å². The molecule has 0 saturated heterocycles. The Labute approximate surface area is 195 Å². The molecule has 10 nitrogen and oxygen atoms in total. The second-order valence-electron chi connectivity index (χ2n) is 8.74. The van der Waals surface area contributed by atoms with Crippen LogP contribution in [0.3, 0.4) is 0 Å². The highest BCUT2D eigenvalue weighted by molar-refractivity contribution is 6.02. The smallest absolute Gasteiger partial charge is 0.277 e. The minimum atomic E-state index is -0.339. The summed E-state index contributed by atoms with van der Waals surface area (Å²) in [5, 5.41) is 11.0. The molecule has 0 unspecified atom stereocenters. The largest absolute Gasteiger partial charge is 0.310 e. The van der Waals surface area contributed by atoms with E-state index in [1.54, 1.807) is 18.6 Å². The summed E-state index contributed by atoms with van der Waals surface area (Å²) >= 11 is 0. The van der Waals surface area contributed by atoms with Crippen molar-refractivity contribution in [1.29, 1.82) is 0 Å². The maximum absolute atomic E-state index is 13.0. The van der Waals surface area contributed by atoms with E-state index in [2.05, 4.69) is 36.7 Å². The van der Waals surface area contributed by atoms with Crippen LogP contribution in [0.2, 0.25) is 0 Å². The number of pyridine rings is 2. The van der Waals surface area contributed by atoms with E-state index in [-0.39, 0.29) is 11.9 Å². The highest BCUT2D eigenvalue weighted by atomic mass is 16.2. The molecule has 170 valence electrons. The number of rotatable bonds is 6. The molecule has 34 heavy (non-hydrogen) atoms. The number of aromatic nitrogens is 8. The molecule has 10 heteroatoms. The summed E-state index contributed by atoms with van der Waals surface area (Å²) < 4.78 is 5.80. The van der Waals surface area contributed by atoms with Gasteiger partial charge in [-0.3, -0.25) is 13.8 Å². The molecule has 1 aliphatic carbocycles. The second kappa shape index (κ2) is 7.91. The summed E-state index contributed by atoms with van der Waals surface area (Å²) in [6.45, 7) is 4.10. The monoisotopic (exact) mass is 453 g/mol. The molecule has 0 radical (unpaired) electrons. The maximum atomic E-state index is 13.0. The number of hydrogen-bond acceptors (Lipinski definition) is 6. The highest BCUT2D eigenvalue weighted by Gasteiger charge is 2.26. The summed E-state index contributed by atoms with van der Waals surface area (Å²) in [5.74, 6) is 2.17. The zero-order chi connectivity index (χ0) is 23.2. The topological polar surface area (TPSA) is 108 Å². The van der Waals surface area contributed by atoms with Gasteiger partial charge < -0.3 is 9.88 Å². The van der Waals surface area contributed by atoms with Crippen LogP contribution in [0.25, 0.3) is 23.0 Å². The summed E-state index contributed by atoms with van der Waals surface area (Å²) in [4.78, 5) is 26.7. The van der Waals surface area contributed by atoms with Crippen LogP contribution in [0.4, 0.5) is 5.82 Å². The molecule has 0 aromatic carbocycles. The summed E-state index contributed by atoms with van der Waals surface area (Å²) in [5.41, 5.74) is 2.71. The molecule has 1 N–H and O–H groups in total. The Kier molecular flexibility index (Phi) is 4.72. The number of nitrogens with zero attached hydrogens (tertiary/aromatic N) is 8. The molecule has 6 rings (SSSR count). The lowest BCUT2D eigenvalue weighted by atomic mass is 10.3. The number of nitrogens with one attached hydrogen (secondary N) is 1. The number of carbonyl (C=O) groups is 1. The molecule has 5 aromatic rings. The van der Waals surface area contributed by atoms with E-state index in [0.29, 0.717) is 34.6 Å². The maximum Gasteiger partial charge on any atom is 0.277 e. The molecule has 1 saturated carbocycles. The Morgan fingerprint density at radius 3 is 2.74 bits per heavy atom. The zero-order valence-corrected chi connectivity index (χ0v) is 18.8. The average molecular weight is 454 g/mol. The van der Waals surface area contributed by atoms with Crippen LogP contribution < -0.4 is 5.32 Å². The molecule has 1 amide bonds. The fourth-order valence-corrected chi connectivity index (χ4v) is 3.98. The number of carbonyl (C=O) groups excluding carboxylic acids is 1. The molecule has 1 aliphatic rings. The number of anilines is 1. The SMILES string of the molecule is CC(C)n1cnnc1-c1cccc(NC(=O)c2cn3c(-n4cnc(C5CC5)c4)cccc3n2)n1. The van der Waals surface area contributed by atoms with Crippen LogP contribution in [0.15, 0.2) is 61.4 Å². The van der Waals surface area contributed by atoms with Gasteiger partial charge in [-0.05, 0) is 51.0 Å². The Bertz CT molecular complexity index is 1510. The molecule has 5 aromatic heterocycles. The summed E-state index contributed by atoms with van der Waals surface area (Å²) in [6, 6.07) is 11.4. The first-order valence-electron chi connectivity index (χ1n) is 11.3.